The van der Waals surface area contributed by atoms with Gasteiger partial charge in [0.2, 0.25) is 0 Å². The Kier molecular flexibility index (Phi) is 8.43. The molecule has 8 nitrogen and oxygen atoms in total. The highest BCUT2D eigenvalue weighted by Crippen LogP contribution is 2.32. The Balaban J connectivity index is 0.000000325. The Labute approximate surface area is 211 Å². The van der Waals surface area contributed by atoms with Crippen LogP contribution in [0.15, 0.2) is 40.0 Å². The lowest BCUT2D eigenvalue weighted by molar-refractivity contribution is 0.0512. The first-order valence-corrected chi connectivity index (χ1v) is 12.9. The summed E-state index contributed by atoms with van der Waals surface area (Å²) < 4.78 is 21.6. The molecule has 0 aliphatic carbocycles. The van der Waals surface area contributed by atoms with Gasteiger partial charge in [-0.05, 0) is 77.2 Å². The minimum atomic E-state index is -0.790. The molecule has 0 radical (unpaired) electrons. The molecule has 2 unspecified atom stereocenters. The zero-order valence-electron chi connectivity index (χ0n) is 21.5. The van der Waals surface area contributed by atoms with Crippen LogP contribution in [0.4, 0.5) is 4.39 Å². The van der Waals surface area contributed by atoms with E-state index in [-0.39, 0.29) is 23.5 Å². The van der Waals surface area contributed by atoms with Gasteiger partial charge in [0.25, 0.3) is 0 Å². The van der Waals surface area contributed by atoms with E-state index < -0.39 is 11.9 Å². The van der Waals surface area contributed by atoms with Crippen molar-refractivity contribution in [2.45, 2.75) is 71.2 Å². The Morgan fingerprint density at radius 1 is 1.28 bits per heavy atom. The third-order valence-corrected chi connectivity index (χ3v) is 7.02. The van der Waals surface area contributed by atoms with Gasteiger partial charge in [-0.25, -0.2) is 9.38 Å². The summed E-state index contributed by atoms with van der Waals surface area (Å²) in [6.07, 6.45) is 5.37. The number of aromatic nitrogens is 1. The summed E-state index contributed by atoms with van der Waals surface area (Å²) in [6.45, 7) is 10.4. The number of pyridine rings is 1. The monoisotopic (exact) mass is 499 g/mol. The van der Waals surface area contributed by atoms with Crippen molar-refractivity contribution in [3.05, 3.63) is 57.3 Å². The molecule has 4 heterocycles. The van der Waals surface area contributed by atoms with Gasteiger partial charge in [-0.1, -0.05) is 6.07 Å². The minimum Gasteiger partial charge on any atom is -0.391 e. The number of benzene rings is 1. The lowest BCUT2D eigenvalue weighted by Gasteiger charge is -2.33. The molecule has 36 heavy (non-hydrogen) atoms. The van der Waals surface area contributed by atoms with Crippen molar-refractivity contribution in [3.63, 3.8) is 0 Å². The number of aliphatic hydroxyl groups excluding tert-OH is 1. The number of hydrogen-bond donors (Lipinski definition) is 3. The molecular formula is C27H38FN5O3. The van der Waals surface area contributed by atoms with Gasteiger partial charge in [-0.3, -0.25) is 9.69 Å². The third kappa shape index (κ3) is 5.79. The summed E-state index contributed by atoms with van der Waals surface area (Å²) in [5.41, 5.74) is 9.09. The van der Waals surface area contributed by atoms with Crippen molar-refractivity contribution in [2.75, 3.05) is 26.3 Å². The van der Waals surface area contributed by atoms with Crippen LogP contribution in [0.25, 0.3) is 10.9 Å². The number of fused-ring (bicyclic) bond motifs is 1. The van der Waals surface area contributed by atoms with Gasteiger partial charge in [-0.2, -0.15) is 0 Å². The maximum atomic E-state index is 14.4. The fourth-order valence-electron chi connectivity index (χ4n) is 4.89. The number of likely N-dealkylation sites (tertiary alicyclic amines) is 1. The standard InChI is InChI=1S/C21H26FN5O.C6H12O2/c1-12(2)27-17-9-14(19-16(22)10-24-21(23)25-19)5-6-15(17)20(28)13(3)18(27)11-26-7-4-8-26;7-6-3-1-2-4-8-5-6/h5-6,9-10,12,19H,4,7-8,11H2,1-3H3,(H3,23,24,25);6-7H,1-5H2. The van der Waals surface area contributed by atoms with Crippen LogP contribution >= 0.6 is 0 Å². The zero-order valence-corrected chi connectivity index (χ0v) is 21.5. The fraction of sp³-hybridized carbons (Fsp3) is 0.556. The molecule has 4 N–H and O–H groups in total. The number of nitrogens with one attached hydrogen (secondary N) is 1. The normalized spacial score (nSPS) is 22.6. The van der Waals surface area contributed by atoms with E-state index >= 15 is 0 Å². The van der Waals surface area contributed by atoms with Crippen molar-refractivity contribution in [3.8, 4) is 0 Å². The Bertz CT molecular complexity index is 1190. The first-order chi connectivity index (χ1) is 17.3. The fourth-order valence-corrected chi connectivity index (χ4v) is 4.89. The quantitative estimate of drug-likeness (QED) is 0.596. The van der Waals surface area contributed by atoms with Crippen molar-refractivity contribution < 1.29 is 14.2 Å². The smallest absolute Gasteiger partial charge is 0.193 e. The minimum absolute atomic E-state index is 0.0401. The Morgan fingerprint density at radius 3 is 2.75 bits per heavy atom. The van der Waals surface area contributed by atoms with Crippen molar-refractivity contribution in [1.82, 2.24) is 14.8 Å². The number of aliphatic hydroxyl groups is 1. The molecule has 0 amide bonds. The number of nitrogens with zero attached hydrogens (tertiary/aromatic N) is 3. The molecule has 0 saturated carbocycles. The summed E-state index contributed by atoms with van der Waals surface area (Å²) in [7, 11) is 0. The summed E-state index contributed by atoms with van der Waals surface area (Å²) in [5, 5.41) is 12.2. The SMILES string of the molecule is Cc1c(CN2CCC2)n(C(C)C)c2cc(C3N=C(N)NC=C3F)ccc2c1=O.OC1CCCCOC1. The van der Waals surface area contributed by atoms with Crippen LogP contribution in [-0.2, 0) is 11.3 Å². The van der Waals surface area contributed by atoms with E-state index in [4.69, 9.17) is 15.6 Å². The van der Waals surface area contributed by atoms with E-state index in [0.717, 1.165) is 62.3 Å². The Hall–Kier alpha value is -2.75. The van der Waals surface area contributed by atoms with Crippen LogP contribution < -0.4 is 16.5 Å². The number of aliphatic imine (C=N–C) groups is 1. The molecule has 5 rings (SSSR count). The molecule has 2 saturated heterocycles. The largest absolute Gasteiger partial charge is 0.391 e. The van der Waals surface area contributed by atoms with E-state index in [1.165, 1.54) is 12.6 Å². The number of halogens is 1. The van der Waals surface area contributed by atoms with Crippen LogP contribution in [0.1, 0.15) is 68.4 Å². The molecule has 1 aromatic heterocycles. The molecule has 9 heteroatoms. The summed E-state index contributed by atoms with van der Waals surface area (Å²) in [5.74, 6) is -0.227. The van der Waals surface area contributed by atoms with Crippen molar-refractivity contribution >= 4 is 16.9 Å². The molecular weight excluding hydrogens is 461 g/mol. The van der Waals surface area contributed by atoms with Gasteiger partial charge in [0, 0.05) is 42.0 Å². The number of guanidine groups is 1. The van der Waals surface area contributed by atoms with Crippen LogP contribution in [-0.4, -0.2) is 52.9 Å². The molecule has 3 aliphatic rings. The number of rotatable bonds is 4. The van der Waals surface area contributed by atoms with E-state index in [1.807, 2.05) is 13.0 Å². The highest BCUT2D eigenvalue weighted by atomic mass is 19.1. The van der Waals surface area contributed by atoms with Gasteiger partial charge in [0.15, 0.2) is 11.4 Å². The van der Waals surface area contributed by atoms with Gasteiger partial charge in [0.1, 0.15) is 11.9 Å². The second kappa shape index (κ2) is 11.5. The molecule has 2 aromatic rings. The van der Waals surface area contributed by atoms with Gasteiger partial charge in [-0.15, -0.1) is 0 Å². The Morgan fingerprint density at radius 2 is 2.06 bits per heavy atom. The predicted octanol–water partition coefficient (Wildman–Crippen LogP) is 3.41. The van der Waals surface area contributed by atoms with Gasteiger partial charge < -0.3 is 25.5 Å². The highest BCUT2D eigenvalue weighted by molar-refractivity contribution is 5.83. The maximum absolute atomic E-state index is 14.4. The molecule has 1 aromatic carbocycles. The van der Waals surface area contributed by atoms with Gasteiger partial charge >= 0.3 is 0 Å². The first-order valence-electron chi connectivity index (χ1n) is 12.9. The van der Waals surface area contributed by atoms with E-state index in [2.05, 4.69) is 33.6 Å². The maximum Gasteiger partial charge on any atom is 0.193 e. The lowest BCUT2D eigenvalue weighted by atomic mass is 10.00. The van der Waals surface area contributed by atoms with E-state index in [9.17, 15) is 9.18 Å². The molecule has 196 valence electrons. The second-order valence-corrected chi connectivity index (χ2v) is 10.1. The van der Waals surface area contributed by atoms with Crippen LogP contribution in [0.3, 0.4) is 0 Å². The summed E-state index contributed by atoms with van der Waals surface area (Å²) in [4.78, 5) is 19.6. The topological polar surface area (TPSA) is 105 Å². The number of ether oxygens (including phenoxy) is 1. The average Bonchev–Trinajstić information content (AvgIpc) is 3.08. The van der Waals surface area contributed by atoms with Gasteiger partial charge in [0.05, 0.1) is 18.2 Å². The summed E-state index contributed by atoms with van der Waals surface area (Å²) >= 11 is 0. The highest BCUT2D eigenvalue weighted by Gasteiger charge is 2.24. The molecule has 3 aliphatic heterocycles. The second-order valence-electron chi connectivity index (χ2n) is 10.1. The third-order valence-electron chi connectivity index (χ3n) is 7.02. The lowest BCUT2D eigenvalue weighted by Crippen LogP contribution is -2.38. The first kappa shape index (κ1) is 26.3. The molecule has 2 fully saturated rings. The zero-order chi connectivity index (χ0) is 25.8. The summed E-state index contributed by atoms with van der Waals surface area (Å²) in [6, 6.07) is 4.81. The van der Waals surface area contributed by atoms with E-state index in [0.29, 0.717) is 17.6 Å². The number of hydrogen-bond acceptors (Lipinski definition) is 7. The van der Waals surface area contributed by atoms with Crippen LogP contribution in [0.5, 0.6) is 0 Å². The molecule has 0 spiro atoms. The van der Waals surface area contributed by atoms with Crippen LogP contribution in [0.2, 0.25) is 0 Å². The predicted molar refractivity (Wildman–Crippen MR) is 141 cm³/mol. The van der Waals surface area contributed by atoms with Crippen molar-refractivity contribution in [1.29, 1.82) is 0 Å². The average molecular weight is 500 g/mol. The van der Waals surface area contributed by atoms with Crippen LogP contribution in [0, 0.1) is 6.92 Å². The van der Waals surface area contributed by atoms with E-state index in [1.54, 1.807) is 12.1 Å². The van der Waals surface area contributed by atoms with Crippen molar-refractivity contribution in [2.24, 2.45) is 10.7 Å². The molecule has 0 bridgehead atoms. The number of nitrogens with two attached hydrogens (primary N) is 1. The molecule has 2 atom stereocenters.